The van der Waals surface area contributed by atoms with E-state index in [-0.39, 0.29) is 6.42 Å². The lowest BCUT2D eigenvalue weighted by Crippen LogP contribution is -2.59. The number of urea groups is 1. The topological polar surface area (TPSA) is 127 Å². The Hall–Kier alpha value is -1.83. The number of carboxylic acids is 2. The normalized spacial score (nSPS) is 40.7. The van der Waals surface area contributed by atoms with E-state index in [1.165, 1.54) is 4.90 Å². The summed E-state index contributed by atoms with van der Waals surface area (Å²) in [7, 11) is 0. The molecule has 4 N–H and O–H groups in total. The van der Waals surface area contributed by atoms with Gasteiger partial charge in [-0.25, -0.2) is 9.59 Å². The summed E-state index contributed by atoms with van der Waals surface area (Å²) in [6, 6.07) is -0.487. The van der Waals surface area contributed by atoms with Crippen LogP contribution < -0.4 is 5.32 Å². The fraction of sp³-hybridized carbons (Fsp3) is 0.769. The smallest absolute Gasteiger partial charge is 0.329 e. The van der Waals surface area contributed by atoms with E-state index in [1.807, 2.05) is 0 Å². The zero-order chi connectivity index (χ0) is 15.4. The van der Waals surface area contributed by atoms with Crippen LogP contribution in [0.1, 0.15) is 19.3 Å². The molecule has 3 fully saturated rings. The lowest BCUT2D eigenvalue weighted by molar-refractivity contribution is -0.147. The Kier molecular flexibility index (Phi) is 3.09. The average Bonchev–Trinajstić information content (AvgIpc) is 2.79. The van der Waals surface area contributed by atoms with E-state index in [2.05, 4.69) is 5.32 Å². The highest BCUT2D eigenvalue weighted by Gasteiger charge is 2.75. The highest BCUT2D eigenvalue weighted by atomic mass is 16.4. The van der Waals surface area contributed by atoms with Crippen molar-refractivity contribution >= 4 is 18.0 Å². The van der Waals surface area contributed by atoms with Crippen molar-refractivity contribution in [2.45, 2.75) is 30.9 Å². The molecule has 116 valence electrons. The molecule has 0 aromatic heterocycles. The zero-order valence-corrected chi connectivity index (χ0v) is 11.4. The lowest BCUT2D eigenvalue weighted by Gasteiger charge is -2.31. The van der Waals surface area contributed by atoms with Crippen molar-refractivity contribution in [1.82, 2.24) is 10.2 Å². The number of amides is 2. The fourth-order valence-corrected chi connectivity index (χ4v) is 3.98. The molecule has 1 heterocycles. The molecular formula is C13H18N2O6. The molecule has 5 atom stereocenters. The van der Waals surface area contributed by atoms with Crippen LogP contribution in [0.4, 0.5) is 4.79 Å². The second-order valence-electron chi connectivity index (χ2n) is 6.14. The van der Waals surface area contributed by atoms with E-state index >= 15 is 0 Å². The van der Waals surface area contributed by atoms with Crippen LogP contribution in [0.25, 0.3) is 0 Å². The molecule has 1 aliphatic heterocycles. The molecule has 21 heavy (non-hydrogen) atoms. The van der Waals surface area contributed by atoms with Gasteiger partial charge in [-0.1, -0.05) is 0 Å². The van der Waals surface area contributed by atoms with Crippen LogP contribution in [0.15, 0.2) is 0 Å². The van der Waals surface area contributed by atoms with E-state index in [0.29, 0.717) is 13.1 Å². The zero-order valence-electron chi connectivity index (χ0n) is 11.4. The van der Waals surface area contributed by atoms with Crippen molar-refractivity contribution in [3.63, 3.8) is 0 Å². The van der Waals surface area contributed by atoms with Crippen LogP contribution in [0.2, 0.25) is 0 Å². The molecule has 0 bridgehead atoms. The minimum Gasteiger partial charge on any atom is -0.481 e. The molecule has 2 aliphatic carbocycles. The average molecular weight is 298 g/mol. The molecule has 3 rings (SSSR count). The third kappa shape index (κ3) is 1.97. The number of fused-ring (bicyclic) bond motifs is 1. The summed E-state index contributed by atoms with van der Waals surface area (Å²) < 4.78 is 0. The predicted molar refractivity (Wildman–Crippen MR) is 68.4 cm³/mol. The number of carboxylic acid groups (broad SMARTS) is 2. The molecule has 8 heteroatoms. The number of likely N-dealkylation sites (tertiary alicyclic amines) is 1. The number of hydrogen-bond donors (Lipinski definition) is 4. The molecule has 0 aromatic rings. The SMILES string of the molecule is O=C(O)[C@H]1[C@H]2[C@@H]1[C@](NC(=O)N1CCCC1)(C(=O)O)C[C@@H]2O. The maximum Gasteiger partial charge on any atom is 0.329 e. The Morgan fingerprint density at radius 3 is 2.24 bits per heavy atom. The minimum atomic E-state index is -1.67. The Morgan fingerprint density at radius 2 is 1.76 bits per heavy atom. The lowest BCUT2D eigenvalue weighted by atomic mass is 9.89. The van der Waals surface area contributed by atoms with Gasteiger partial charge in [-0.2, -0.15) is 0 Å². The number of carbonyl (C=O) groups is 3. The van der Waals surface area contributed by atoms with Gasteiger partial charge in [0.25, 0.3) is 0 Å². The second kappa shape index (κ2) is 4.59. The largest absolute Gasteiger partial charge is 0.481 e. The molecule has 0 aromatic carbocycles. The number of aliphatic hydroxyl groups excluding tert-OH is 1. The van der Waals surface area contributed by atoms with Crippen LogP contribution in [0.3, 0.4) is 0 Å². The van der Waals surface area contributed by atoms with Gasteiger partial charge in [0.2, 0.25) is 0 Å². The molecule has 3 aliphatic rings. The van der Waals surface area contributed by atoms with Crippen molar-refractivity contribution in [2.75, 3.05) is 13.1 Å². The van der Waals surface area contributed by atoms with Crippen molar-refractivity contribution < 1.29 is 29.7 Å². The maximum absolute atomic E-state index is 12.2. The summed E-state index contributed by atoms with van der Waals surface area (Å²) >= 11 is 0. The number of nitrogens with zero attached hydrogens (tertiary/aromatic N) is 1. The third-order valence-corrected chi connectivity index (χ3v) is 5.01. The Morgan fingerprint density at radius 1 is 1.14 bits per heavy atom. The fourth-order valence-electron chi connectivity index (χ4n) is 3.98. The summed E-state index contributed by atoms with van der Waals surface area (Å²) in [5.41, 5.74) is -1.67. The monoisotopic (exact) mass is 298 g/mol. The van der Waals surface area contributed by atoms with Gasteiger partial charge >= 0.3 is 18.0 Å². The van der Waals surface area contributed by atoms with Crippen molar-refractivity contribution in [3.8, 4) is 0 Å². The molecular weight excluding hydrogens is 280 g/mol. The first-order valence-electron chi connectivity index (χ1n) is 7.10. The van der Waals surface area contributed by atoms with Gasteiger partial charge in [-0.15, -0.1) is 0 Å². The summed E-state index contributed by atoms with van der Waals surface area (Å²) in [6.07, 6.45) is 0.604. The number of nitrogens with one attached hydrogen (secondary N) is 1. The number of aliphatic hydroxyl groups is 1. The number of carbonyl (C=O) groups excluding carboxylic acids is 1. The van der Waals surface area contributed by atoms with Crippen LogP contribution in [-0.4, -0.2) is 62.9 Å². The summed E-state index contributed by atoms with van der Waals surface area (Å²) in [5.74, 6) is -4.62. The minimum absolute atomic E-state index is 0.138. The van der Waals surface area contributed by atoms with E-state index in [1.54, 1.807) is 0 Å². The molecule has 2 amide bonds. The van der Waals surface area contributed by atoms with Gasteiger partial charge in [0, 0.05) is 31.3 Å². The van der Waals surface area contributed by atoms with Gasteiger partial charge in [0.1, 0.15) is 5.54 Å². The van der Waals surface area contributed by atoms with Crippen molar-refractivity contribution in [3.05, 3.63) is 0 Å². The molecule has 0 unspecified atom stereocenters. The summed E-state index contributed by atoms with van der Waals surface area (Å²) in [4.78, 5) is 36.5. The third-order valence-electron chi connectivity index (χ3n) is 5.01. The summed E-state index contributed by atoms with van der Waals surface area (Å²) in [6.45, 7) is 1.14. The van der Waals surface area contributed by atoms with Crippen molar-refractivity contribution in [1.29, 1.82) is 0 Å². The maximum atomic E-state index is 12.2. The predicted octanol–water partition coefficient (Wildman–Crippen LogP) is -0.673. The molecule has 1 saturated heterocycles. The van der Waals surface area contributed by atoms with Gasteiger partial charge in [-0.3, -0.25) is 4.79 Å². The molecule has 2 saturated carbocycles. The Balaban J connectivity index is 1.82. The summed E-state index contributed by atoms with van der Waals surface area (Å²) in [5, 5.41) is 31.1. The molecule has 0 radical (unpaired) electrons. The first-order chi connectivity index (χ1) is 9.88. The van der Waals surface area contributed by atoms with Crippen LogP contribution >= 0.6 is 0 Å². The number of aliphatic carboxylic acids is 2. The van der Waals surface area contributed by atoms with Gasteiger partial charge in [0.15, 0.2) is 0 Å². The molecule has 0 spiro atoms. The van der Waals surface area contributed by atoms with Crippen molar-refractivity contribution in [2.24, 2.45) is 17.8 Å². The van der Waals surface area contributed by atoms with Crippen LogP contribution in [0.5, 0.6) is 0 Å². The van der Waals surface area contributed by atoms with Gasteiger partial charge < -0.3 is 25.5 Å². The quantitative estimate of drug-likeness (QED) is 0.547. The first-order valence-corrected chi connectivity index (χ1v) is 7.10. The number of rotatable bonds is 3. The van der Waals surface area contributed by atoms with Crippen LogP contribution in [-0.2, 0) is 9.59 Å². The van der Waals surface area contributed by atoms with Gasteiger partial charge in [-0.05, 0) is 12.8 Å². The van der Waals surface area contributed by atoms with E-state index in [9.17, 15) is 24.6 Å². The van der Waals surface area contributed by atoms with Gasteiger partial charge in [0.05, 0.1) is 12.0 Å². The molecule has 8 nitrogen and oxygen atoms in total. The van der Waals surface area contributed by atoms with Crippen LogP contribution in [0, 0.1) is 17.8 Å². The van der Waals surface area contributed by atoms with E-state index in [4.69, 9.17) is 5.11 Å². The van der Waals surface area contributed by atoms with E-state index in [0.717, 1.165) is 12.8 Å². The highest BCUT2D eigenvalue weighted by molar-refractivity contribution is 5.90. The first kappa shape index (κ1) is 14.1. The standard InChI is InChI=1S/C13H18N2O6/c16-6-5-13(11(19)20,9-7(6)8(9)10(17)18)14-12(21)15-3-1-2-4-15/h6-9,16H,1-5H2,(H,14,21)(H,17,18)(H,19,20)/t6-,7-,8-,9-,13-/m0/s1. The highest BCUT2D eigenvalue weighted by Crippen LogP contribution is 2.62. The second-order valence-corrected chi connectivity index (χ2v) is 6.14. The Labute approximate surface area is 120 Å². The number of hydrogen-bond acceptors (Lipinski definition) is 4. The van der Waals surface area contributed by atoms with E-state index < -0.39 is 47.4 Å². The Bertz CT molecular complexity index is 503.